The van der Waals surface area contributed by atoms with Crippen molar-refractivity contribution in [2.24, 2.45) is 5.73 Å². The first-order chi connectivity index (χ1) is 11.4. The van der Waals surface area contributed by atoms with E-state index in [-0.39, 0.29) is 6.10 Å². The summed E-state index contributed by atoms with van der Waals surface area (Å²) >= 11 is 5.13. The van der Waals surface area contributed by atoms with Crippen LogP contribution in [0.4, 0.5) is 0 Å². The van der Waals surface area contributed by atoms with Crippen LogP contribution in [0.2, 0.25) is 0 Å². The average molecular weight is 339 g/mol. The number of ether oxygens (including phenoxy) is 1. The van der Waals surface area contributed by atoms with Gasteiger partial charge >= 0.3 is 0 Å². The fourth-order valence-corrected chi connectivity index (χ4v) is 2.86. The molecule has 0 aliphatic carbocycles. The molecule has 0 bridgehead atoms. The standard InChI is InChI=1S/C19H21N3OS/c1-12(2)23-15-6-4-14(5-7-15)19-16(11-17(20)24)22-9-8-13(3)10-18(22)21-19/h4-10,12H,11H2,1-3H3,(H2,20,24). The van der Waals surface area contributed by atoms with Gasteiger partial charge in [0.05, 0.1) is 22.5 Å². The molecule has 3 aromatic rings. The van der Waals surface area contributed by atoms with E-state index in [0.29, 0.717) is 11.4 Å². The van der Waals surface area contributed by atoms with Gasteiger partial charge in [-0.05, 0) is 62.7 Å². The van der Waals surface area contributed by atoms with Crippen LogP contribution in [-0.2, 0) is 6.42 Å². The van der Waals surface area contributed by atoms with Crippen molar-refractivity contribution in [3.05, 3.63) is 53.9 Å². The Kier molecular flexibility index (Phi) is 4.53. The lowest BCUT2D eigenvalue weighted by atomic mass is 10.1. The molecule has 1 aromatic carbocycles. The number of hydrogen-bond donors (Lipinski definition) is 1. The van der Waals surface area contributed by atoms with E-state index in [9.17, 15) is 0 Å². The third-order valence-electron chi connectivity index (χ3n) is 3.72. The topological polar surface area (TPSA) is 52.5 Å². The molecule has 2 aromatic heterocycles. The molecule has 24 heavy (non-hydrogen) atoms. The molecule has 0 fully saturated rings. The number of pyridine rings is 1. The Bertz CT molecular complexity index is 882. The minimum atomic E-state index is 0.152. The number of benzene rings is 1. The Morgan fingerprint density at radius 3 is 2.58 bits per heavy atom. The van der Waals surface area contributed by atoms with Crippen molar-refractivity contribution in [3.63, 3.8) is 0 Å². The molecule has 5 heteroatoms. The maximum Gasteiger partial charge on any atom is 0.137 e. The molecule has 2 N–H and O–H groups in total. The average Bonchev–Trinajstić information content (AvgIpc) is 2.84. The summed E-state index contributed by atoms with van der Waals surface area (Å²) in [6, 6.07) is 12.1. The van der Waals surface area contributed by atoms with E-state index in [4.69, 9.17) is 27.7 Å². The number of hydrogen-bond acceptors (Lipinski definition) is 3. The van der Waals surface area contributed by atoms with E-state index in [1.807, 2.05) is 44.3 Å². The molecule has 0 amide bonds. The van der Waals surface area contributed by atoms with Gasteiger partial charge in [0.2, 0.25) is 0 Å². The van der Waals surface area contributed by atoms with Crippen molar-refractivity contribution >= 4 is 22.9 Å². The quantitative estimate of drug-likeness (QED) is 0.716. The summed E-state index contributed by atoms with van der Waals surface area (Å²) in [5.41, 5.74) is 10.8. The summed E-state index contributed by atoms with van der Waals surface area (Å²) in [5, 5.41) is 0. The van der Waals surface area contributed by atoms with Crippen LogP contribution in [0.5, 0.6) is 5.75 Å². The molecule has 0 unspecified atom stereocenters. The van der Waals surface area contributed by atoms with Gasteiger partial charge in [-0.1, -0.05) is 12.2 Å². The molecule has 0 atom stereocenters. The SMILES string of the molecule is Cc1ccn2c(CC(N)=S)c(-c3ccc(OC(C)C)cc3)nc2c1. The smallest absolute Gasteiger partial charge is 0.137 e. The van der Waals surface area contributed by atoms with E-state index < -0.39 is 0 Å². The summed E-state index contributed by atoms with van der Waals surface area (Å²) in [5.74, 6) is 0.851. The first-order valence-corrected chi connectivity index (χ1v) is 8.38. The molecule has 0 spiro atoms. The lowest BCUT2D eigenvalue weighted by Gasteiger charge is -2.10. The Labute approximate surface area is 147 Å². The van der Waals surface area contributed by atoms with Gasteiger partial charge in [0.1, 0.15) is 11.4 Å². The molecule has 0 saturated heterocycles. The second kappa shape index (κ2) is 6.61. The van der Waals surface area contributed by atoms with E-state index in [2.05, 4.69) is 23.5 Å². The van der Waals surface area contributed by atoms with Crippen LogP contribution >= 0.6 is 12.2 Å². The minimum Gasteiger partial charge on any atom is -0.491 e. The van der Waals surface area contributed by atoms with Crippen molar-refractivity contribution in [2.45, 2.75) is 33.3 Å². The number of aromatic nitrogens is 2. The minimum absolute atomic E-state index is 0.152. The largest absolute Gasteiger partial charge is 0.491 e. The molecule has 4 nitrogen and oxygen atoms in total. The van der Waals surface area contributed by atoms with Gasteiger partial charge in [-0.3, -0.25) is 0 Å². The summed E-state index contributed by atoms with van der Waals surface area (Å²) in [6.07, 6.45) is 2.68. The van der Waals surface area contributed by atoms with Crippen molar-refractivity contribution in [1.82, 2.24) is 9.38 Å². The normalized spacial score (nSPS) is 11.2. The number of rotatable bonds is 5. The van der Waals surface area contributed by atoms with Gasteiger partial charge in [-0.15, -0.1) is 0 Å². The molecule has 3 rings (SSSR count). The van der Waals surface area contributed by atoms with Crippen LogP contribution in [0.3, 0.4) is 0 Å². The molecule has 0 saturated carbocycles. The van der Waals surface area contributed by atoms with Crippen LogP contribution in [0, 0.1) is 6.92 Å². The lowest BCUT2D eigenvalue weighted by molar-refractivity contribution is 0.242. The number of fused-ring (bicyclic) bond motifs is 1. The van der Waals surface area contributed by atoms with Gasteiger partial charge in [-0.2, -0.15) is 0 Å². The van der Waals surface area contributed by atoms with Crippen LogP contribution in [-0.4, -0.2) is 20.5 Å². The highest BCUT2D eigenvalue weighted by Crippen LogP contribution is 2.27. The van der Waals surface area contributed by atoms with Crippen molar-refractivity contribution in [3.8, 4) is 17.0 Å². The highest BCUT2D eigenvalue weighted by molar-refractivity contribution is 7.80. The molecule has 0 radical (unpaired) electrons. The number of aryl methyl sites for hydroxylation is 1. The van der Waals surface area contributed by atoms with Crippen molar-refractivity contribution in [1.29, 1.82) is 0 Å². The summed E-state index contributed by atoms with van der Waals surface area (Å²) in [7, 11) is 0. The van der Waals surface area contributed by atoms with Gasteiger partial charge < -0.3 is 14.9 Å². The van der Waals surface area contributed by atoms with Crippen LogP contribution in [0.25, 0.3) is 16.9 Å². The number of imidazole rings is 1. The summed E-state index contributed by atoms with van der Waals surface area (Å²) < 4.78 is 7.76. The van der Waals surface area contributed by atoms with Crippen LogP contribution in [0.15, 0.2) is 42.6 Å². The molecule has 2 heterocycles. The Morgan fingerprint density at radius 2 is 1.96 bits per heavy atom. The zero-order chi connectivity index (χ0) is 17.3. The second-order valence-corrected chi connectivity index (χ2v) is 6.70. The Hall–Kier alpha value is -2.40. The maximum absolute atomic E-state index is 5.80. The fraction of sp³-hybridized carbons (Fsp3) is 0.263. The predicted molar refractivity (Wildman–Crippen MR) is 102 cm³/mol. The van der Waals surface area contributed by atoms with E-state index in [1.54, 1.807) is 0 Å². The highest BCUT2D eigenvalue weighted by atomic mass is 32.1. The molecule has 124 valence electrons. The molecular formula is C19H21N3OS. The van der Waals surface area contributed by atoms with E-state index >= 15 is 0 Å². The zero-order valence-corrected chi connectivity index (χ0v) is 14.9. The third-order valence-corrected chi connectivity index (χ3v) is 3.87. The second-order valence-electron chi connectivity index (χ2n) is 6.17. The fourth-order valence-electron chi connectivity index (χ4n) is 2.73. The number of thiocarbonyl (C=S) groups is 1. The summed E-state index contributed by atoms with van der Waals surface area (Å²) in [6.45, 7) is 6.08. The molecular weight excluding hydrogens is 318 g/mol. The lowest BCUT2D eigenvalue weighted by Crippen LogP contribution is -2.13. The monoisotopic (exact) mass is 339 g/mol. The van der Waals surface area contributed by atoms with Gasteiger partial charge in [0, 0.05) is 18.2 Å². The van der Waals surface area contributed by atoms with E-state index in [0.717, 1.165) is 28.3 Å². The number of nitrogens with two attached hydrogens (primary N) is 1. The van der Waals surface area contributed by atoms with E-state index in [1.165, 1.54) is 5.56 Å². The zero-order valence-electron chi connectivity index (χ0n) is 14.1. The molecule has 0 aliphatic rings. The Balaban J connectivity index is 2.08. The maximum atomic E-state index is 5.80. The predicted octanol–water partition coefficient (Wildman–Crippen LogP) is 3.93. The van der Waals surface area contributed by atoms with Crippen LogP contribution < -0.4 is 10.5 Å². The van der Waals surface area contributed by atoms with Gasteiger partial charge in [-0.25, -0.2) is 4.98 Å². The van der Waals surface area contributed by atoms with Gasteiger partial charge in [0.15, 0.2) is 0 Å². The first kappa shape index (κ1) is 16.5. The van der Waals surface area contributed by atoms with Crippen molar-refractivity contribution < 1.29 is 4.74 Å². The van der Waals surface area contributed by atoms with Crippen molar-refractivity contribution in [2.75, 3.05) is 0 Å². The Morgan fingerprint density at radius 1 is 1.25 bits per heavy atom. The highest BCUT2D eigenvalue weighted by Gasteiger charge is 2.15. The van der Waals surface area contributed by atoms with Gasteiger partial charge in [0.25, 0.3) is 0 Å². The molecule has 0 aliphatic heterocycles. The first-order valence-electron chi connectivity index (χ1n) is 7.97. The van der Waals surface area contributed by atoms with Crippen LogP contribution in [0.1, 0.15) is 25.1 Å². The summed E-state index contributed by atoms with van der Waals surface area (Å²) in [4.78, 5) is 5.25. The third kappa shape index (κ3) is 3.41. The number of nitrogens with zero attached hydrogens (tertiary/aromatic N) is 2.